The third-order valence-electron chi connectivity index (χ3n) is 1.68. The molecule has 0 saturated carbocycles. The standard InChI is InChI=1S/C9H9BO4/c11-9(12)6-5-7-3-1-2-4-8(7)10(13)14/h1-6,13-14H,(H,11,12)/b6-5+. The molecule has 1 rings (SSSR count). The van der Waals surface area contributed by atoms with Crippen LogP contribution in [-0.2, 0) is 4.79 Å². The minimum atomic E-state index is -1.59. The van der Waals surface area contributed by atoms with Crippen LogP contribution in [0.4, 0.5) is 0 Å². The minimum Gasteiger partial charge on any atom is -0.478 e. The molecule has 4 nitrogen and oxygen atoms in total. The summed E-state index contributed by atoms with van der Waals surface area (Å²) in [7, 11) is -1.59. The van der Waals surface area contributed by atoms with Crippen LogP contribution >= 0.6 is 0 Å². The van der Waals surface area contributed by atoms with E-state index in [1.54, 1.807) is 18.2 Å². The molecule has 0 saturated heterocycles. The normalized spacial score (nSPS) is 10.4. The number of carboxylic acids is 1. The van der Waals surface area contributed by atoms with E-state index in [1.165, 1.54) is 12.1 Å². The van der Waals surface area contributed by atoms with Crippen molar-refractivity contribution in [2.45, 2.75) is 0 Å². The van der Waals surface area contributed by atoms with Gasteiger partial charge in [0.15, 0.2) is 0 Å². The first-order chi connectivity index (χ1) is 6.61. The summed E-state index contributed by atoms with van der Waals surface area (Å²) >= 11 is 0. The lowest BCUT2D eigenvalue weighted by atomic mass is 9.77. The van der Waals surface area contributed by atoms with Crippen molar-refractivity contribution in [3.05, 3.63) is 35.9 Å². The lowest BCUT2D eigenvalue weighted by Gasteiger charge is -2.02. The van der Waals surface area contributed by atoms with Gasteiger partial charge in [0, 0.05) is 6.08 Å². The molecule has 14 heavy (non-hydrogen) atoms. The summed E-state index contributed by atoms with van der Waals surface area (Å²) in [5.41, 5.74) is 0.759. The molecule has 72 valence electrons. The molecule has 5 heteroatoms. The molecule has 0 aliphatic rings. The highest BCUT2D eigenvalue weighted by Gasteiger charge is 2.13. The third kappa shape index (κ3) is 2.72. The van der Waals surface area contributed by atoms with Gasteiger partial charge in [0.25, 0.3) is 0 Å². The topological polar surface area (TPSA) is 77.8 Å². The van der Waals surface area contributed by atoms with Crippen LogP contribution < -0.4 is 5.46 Å². The van der Waals surface area contributed by atoms with E-state index in [0.717, 1.165) is 6.08 Å². The molecule has 0 aliphatic carbocycles. The van der Waals surface area contributed by atoms with Gasteiger partial charge in [-0.2, -0.15) is 0 Å². The highest BCUT2D eigenvalue weighted by Crippen LogP contribution is 1.99. The quantitative estimate of drug-likeness (QED) is 0.444. The average Bonchev–Trinajstić information content (AvgIpc) is 2.15. The van der Waals surface area contributed by atoms with Crippen LogP contribution in [0.15, 0.2) is 30.3 Å². The molecule has 0 aliphatic heterocycles. The largest absolute Gasteiger partial charge is 0.489 e. The number of hydrogen-bond acceptors (Lipinski definition) is 3. The predicted molar refractivity (Wildman–Crippen MR) is 52.9 cm³/mol. The molecular weight excluding hydrogens is 183 g/mol. The van der Waals surface area contributed by atoms with Gasteiger partial charge in [0.1, 0.15) is 0 Å². The Hall–Kier alpha value is -1.59. The molecule has 0 heterocycles. The van der Waals surface area contributed by atoms with Crippen LogP contribution in [0, 0.1) is 0 Å². The first-order valence-corrected chi connectivity index (χ1v) is 3.97. The zero-order valence-corrected chi connectivity index (χ0v) is 7.29. The Bertz CT molecular complexity index is 360. The first-order valence-electron chi connectivity index (χ1n) is 3.97. The van der Waals surface area contributed by atoms with E-state index in [0.29, 0.717) is 5.56 Å². The van der Waals surface area contributed by atoms with Crippen LogP contribution in [0.25, 0.3) is 6.08 Å². The van der Waals surface area contributed by atoms with Crippen molar-refractivity contribution >= 4 is 24.6 Å². The van der Waals surface area contributed by atoms with Gasteiger partial charge in [-0.1, -0.05) is 24.3 Å². The second-order valence-electron chi connectivity index (χ2n) is 2.67. The van der Waals surface area contributed by atoms with Crippen molar-refractivity contribution in [1.29, 1.82) is 0 Å². The summed E-state index contributed by atoms with van der Waals surface area (Å²) in [5, 5.41) is 26.3. The average molecular weight is 192 g/mol. The van der Waals surface area contributed by atoms with E-state index in [-0.39, 0.29) is 5.46 Å². The van der Waals surface area contributed by atoms with E-state index < -0.39 is 13.1 Å². The van der Waals surface area contributed by atoms with Crippen LogP contribution in [0.2, 0.25) is 0 Å². The fraction of sp³-hybridized carbons (Fsp3) is 0. The number of carbonyl (C=O) groups is 1. The smallest absolute Gasteiger partial charge is 0.478 e. The maximum Gasteiger partial charge on any atom is 0.489 e. The second-order valence-corrected chi connectivity index (χ2v) is 2.67. The summed E-state index contributed by atoms with van der Waals surface area (Å²) in [6.45, 7) is 0. The maximum absolute atomic E-state index is 10.2. The first kappa shape index (κ1) is 10.5. The van der Waals surface area contributed by atoms with Gasteiger partial charge in [-0.25, -0.2) is 4.79 Å². The molecule has 0 spiro atoms. The van der Waals surface area contributed by atoms with Crippen molar-refractivity contribution in [2.75, 3.05) is 0 Å². The Kier molecular flexibility index (Phi) is 3.44. The summed E-state index contributed by atoms with van der Waals surface area (Å²) in [6.07, 6.45) is 2.26. The molecular formula is C9H9BO4. The Morgan fingerprint density at radius 2 is 1.93 bits per heavy atom. The van der Waals surface area contributed by atoms with Crippen LogP contribution in [-0.4, -0.2) is 28.2 Å². The van der Waals surface area contributed by atoms with E-state index in [4.69, 9.17) is 15.2 Å². The zero-order chi connectivity index (χ0) is 10.6. The monoisotopic (exact) mass is 192 g/mol. The SMILES string of the molecule is O=C(O)/C=C/c1ccccc1B(O)O. The predicted octanol–water partition coefficient (Wildman–Crippen LogP) is -0.536. The number of hydrogen-bond donors (Lipinski definition) is 3. The molecule has 3 N–H and O–H groups in total. The minimum absolute atomic E-state index is 0.282. The number of benzene rings is 1. The summed E-state index contributed by atoms with van der Waals surface area (Å²) in [4.78, 5) is 10.2. The lowest BCUT2D eigenvalue weighted by molar-refractivity contribution is -0.131. The fourth-order valence-corrected chi connectivity index (χ4v) is 1.06. The van der Waals surface area contributed by atoms with Crippen molar-refractivity contribution in [3.63, 3.8) is 0 Å². The lowest BCUT2D eigenvalue weighted by Crippen LogP contribution is -2.31. The molecule has 0 radical (unpaired) electrons. The highest BCUT2D eigenvalue weighted by atomic mass is 16.4. The van der Waals surface area contributed by atoms with E-state index in [9.17, 15) is 4.79 Å². The van der Waals surface area contributed by atoms with E-state index in [2.05, 4.69) is 0 Å². The molecule has 0 aromatic heterocycles. The zero-order valence-electron chi connectivity index (χ0n) is 7.29. The molecule has 0 fully saturated rings. The van der Waals surface area contributed by atoms with Gasteiger partial charge >= 0.3 is 13.1 Å². The highest BCUT2D eigenvalue weighted by molar-refractivity contribution is 6.59. The van der Waals surface area contributed by atoms with Crippen molar-refractivity contribution < 1.29 is 19.9 Å². The summed E-state index contributed by atoms with van der Waals surface area (Å²) < 4.78 is 0. The number of rotatable bonds is 3. The van der Waals surface area contributed by atoms with Gasteiger partial charge in [-0.15, -0.1) is 0 Å². The van der Waals surface area contributed by atoms with Crippen LogP contribution in [0.1, 0.15) is 5.56 Å². The van der Waals surface area contributed by atoms with Gasteiger partial charge in [-0.05, 0) is 17.1 Å². The summed E-state index contributed by atoms with van der Waals surface area (Å²) in [5.74, 6) is -1.08. The Balaban J connectivity index is 3.01. The fourth-order valence-electron chi connectivity index (χ4n) is 1.06. The van der Waals surface area contributed by atoms with Crippen molar-refractivity contribution in [2.24, 2.45) is 0 Å². The van der Waals surface area contributed by atoms with Crippen molar-refractivity contribution in [3.8, 4) is 0 Å². The van der Waals surface area contributed by atoms with Gasteiger partial charge in [0.05, 0.1) is 0 Å². The molecule has 1 aromatic carbocycles. The number of carboxylic acid groups (broad SMARTS) is 1. The maximum atomic E-state index is 10.2. The van der Waals surface area contributed by atoms with Crippen molar-refractivity contribution in [1.82, 2.24) is 0 Å². The van der Waals surface area contributed by atoms with Crippen LogP contribution in [0.3, 0.4) is 0 Å². The van der Waals surface area contributed by atoms with Gasteiger partial charge < -0.3 is 15.2 Å². The third-order valence-corrected chi connectivity index (χ3v) is 1.68. The van der Waals surface area contributed by atoms with Gasteiger partial charge in [0.2, 0.25) is 0 Å². The Labute approximate surface area is 81.3 Å². The molecule has 0 atom stereocenters. The van der Waals surface area contributed by atoms with E-state index >= 15 is 0 Å². The molecule has 0 bridgehead atoms. The number of aliphatic carboxylic acids is 1. The van der Waals surface area contributed by atoms with Crippen LogP contribution in [0.5, 0.6) is 0 Å². The Morgan fingerprint density at radius 3 is 2.50 bits per heavy atom. The second kappa shape index (κ2) is 4.60. The Morgan fingerprint density at radius 1 is 1.29 bits per heavy atom. The summed E-state index contributed by atoms with van der Waals surface area (Å²) in [6, 6.07) is 6.46. The van der Waals surface area contributed by atoms with Gasteiger partial charge in [-0.3, -0.25) is 0 Å². The molecule has 0 unspecified atom stereocenters. The molecule has 1 aromatic rings. The van der Waals surface area contributed by atoms with E-state index in [1.807, 2.05) is 0 Å². The molecule has 0 amide bonds.